The fourth-order valence-electron chi connectivity index (χ4n) is 1.72. The maximum absolute atomic E-state index is 10.9. The minimum absolute atomic E-state index is 0.0871. The number of ether oxygens (including phenoxy) is 2. The predicted octanol–water partition coefficient (Wildman–Crippen LogP) is 2.26. The van der Waals surface area contributed by atoms with Gasteiger partial charge in [0.25, 0.3) is 5.69 Å². The van der Waals surface area contributed by atoms with Crippen LogP contribution in [0.2, 0.25) is 0 Å². The van der Waals surface area contributed by atoms with Crippen LogP contribution in [0.15, 0.2) is 18.2 Å². The Morgan fingerprint density at radius 2 is 2.10 bits per heavy atom. The van der Waals surface area contributed by atoms with E-state index in [4.69, 9.17) is 9.47 Å². The Hall–Kier alpha value is -1.99. The van der Waals surface area contributed by atoms with Crippen molar-refractivity contribution in [2.24, 2.45) is 0 Å². The SMILES string of the molecule is COCCOCCCCNc1ccc(C=O)cc1[N+](=O)[O-]. The topological polar surface area (TPSA) is 90.7 Å². The zero-order valence-electron chi connectivity index (χ0n) is 12.0. The van der Waals surface area contributed by atoms with Crippen molar-refractivity contribution in [3.8, 4) is 0 Å². The quantitative estimate of drug-likeness (QED) is 0.291. The van der Waals surface area contributed by atoms with Gasteiger partial charge in [0.2, 0.25) is 0 Å². The van der Waals surface area contributed by atoms with Crippen molar-refractivity contribution >= 4 is 17.7 Å². The number of carbonyl (C=O) groups is 1. The number of methoxy groups -OCH3 is 1. The molecule has 0 saturated heterocycles. The molecule has 0 heterocycles. The van der Waals surface area contributed by atoms with Gasteiger partial charge in [-0.1, -0.05) is 0 Å². The molecule has 1 aromatic carbocycles. The van der Waals surface area contributed by atoms with Crippen LogP contribution in [0.4, 0.5) is 11.4 Å². The van der Waals surface area contributed by atoms with Crippen LogP contribution >= 0.6 is 0 Å². The summed E-state index contributed by atoms with van der Waals surface area (Å²) in [6.07, 6.45) is 2.28. The van der Waals surface area contributed by atoms with E-state index < -0.39 is 4.92 Å². The van der Waals surface area contributed by atoms with Gasteiger partial charge in [0.05, 0.1) is 18.1 Å². The lowest BCUT2D eigenvalue weighted by Crippen LogP contribution is -2.07. The van der Waals surface area contributed by atoms with Crippen LogP contribution in [-0.2, 0) is 9.47 Å². The van der Waals surface area contributed by atoms with Crippen molar-refractivity contribution in [1.29, 1.82) is 0 Å². The van der Waals surface area contributed by atoms with Gasteiger partial charge in [-0.25, -0.2) is 0 Å². The van der Waals surface area contributed by atoms with Crippen LogP contribution in [0.25, 0.3) is 0 Å². The van der Waals surface area contributed by atoms with E-state index in [0.29, 0.717) is 43.9 Å². The van der Waals surface area contributed by atoms with Crippen molar-refractivity contribution in [1.82, 2.24) is 0 Å². The molecule has 1 rings (SSSR count). The monoisotopic (exact) mass is 296 g/mol. The molecule has 0 atom stereocenters. The molecule has 0 aromatic heterocycles. The number of anilines is 1. The Morgan fingerprint density at radius 1 is 1.29 bits per heavy atom. The molecule has 7 nitrogen and oxygen atoms in total. The van der Waals surface area contributed by atoms with E-state index in [1.54, 1.807) is 19.2 Å². The number of rotatable bonds is 11. The number of unbranched alkanes of at least 4 members (excludes halogenated alkanes) is 1. The van der Waals surface area contributed by atoms with E-state index in [1.165, 1.54) is 6.07 Å². The van der Waals surface area contributed by atoms with Crippen molar-refractivity contribution in [3.05, 3.63) is 33.9 Å². The average molecular weight is 296 g/mol. The van der Waals surface area contributed by atoms with Gasteiger partial charge in [-0.05, 0) is 25.0 Å². The first kappa shape index (κ1) is 17.1. The summed E-state index contributed by atoms with van der Waals surface area (Å²) in [5.41, 5.74) is 0.626. The number of carbonyl (C=O) groups excluding carboxylic acids is 1. The summed E-state index contributed by atoms with van der Waals surface area (Å²) < 4.78 is 10.2. The summed E-state index contributed by atoms with van der Waals surface area (Å²) in [6, 6.07) is 4.37. The van der Waals surface area contributed by atoms with E-state index in [1.807, 2.05) is 0 Å². The summed E-state index contributed by atoms with van der Waals surface area (Å²) in [5.74, 6) is 0. The average Bonchev–Trinajstić information content (AvgIpc) is 2.49. The molecule has 0 fully saturated rings. The fourth-order valence-corrected chi connectivity index (χ4v) is 1.72. The third kappa shape index (κ3) is 6.33. The first-order valence-corrected chi connectivity index (χ1v) is 6.73. The minimum Gasteiger partial charge on any atom is -0.382 e. The second kappa shape index (κ2) is 9.84. The van der Waals surface area contributed by atoms with Gasteiger partial charge in [0.15, 0.2) is 0 Å². The third-order valence-electron chi connectivity index (χ3n) is 2.82. The summed E-state index contributed by atoms with van der Waals surface area (Å²) in [4.78, 5) is 21.1. The molecule has 0 unspecified atom stereocenters. The van der Waals surface area contributed by atoms with E-state index in [9.17, 15) is 14.9 Å². The number of nitrogens with zero attached hydrogens (tertiary/aromatic N) is 1. The largest absolute Gasteiger partial charge is 0.382 e. The number of benzene rings is 1. The van der Waals surface area contributed by atoms with Crippen LogP contribution in [-0.4, -0.2) is 44.7 Å². The molecule has 0 radical (unpaired) electrons. The Balaban J connectivity index is 2.34. The Morgan fingerprint density at radius 3 is 2.76 bits per heavy atom. The van der Waals surface area contributed by atoms with E-state index in [0.717, 1.165) is 12.8 Å². The van der Waals surface area contributed by atoms with Gasteiger partial charge < -0.3 is 14.8 Å². The van der Waals surface area contributed by atoms with Crippen molar-refractivity contribution < 1.29 is 19.2 Å². The van der Waals surface area contributed by atoms with E-state index in [2.05, 4.69) is 5.32 Å². The van der Waals surface area contributed by atoms with Crippen LogP contribution in [0.3, 0.4) is 0 Å². The smallest absolute Gasteiger partial charge is 0.293 e. The second-order valence-corrected chi connectivity index (χ2v) is 4.39. The summed E-state index contributed by atoms with van der Waals surface area (Å²) in [5, 5.41) is 14.0. The Kier molecular flexibility index (Phi) is 8.00. The van der Waals surface area contributed by atoms with Crippen molar-refractivity contribution in [2.75, 3.05) is 38.8 Å². The highest BCUT2D eigenvalue weighted by molar-refractivity contribution is 5.79. The first-order chi connectivity index (χ1) is 10.2. The first-order valence-electron chi connectivity index (χ1n) is 6.73. The second-order valence-electron chi connectivity index (χ2n) is 4.39. The van der Waals surface area contributed by atoms with Crippen LogP contribution in [0, 0.1) is 10.1 Å². The van der Waals surface area contributed by atoms with Gasteiger partial charge in [-0.15, -0.1) is 0 Å². The minimum atomic E-state index is -0.497. The highest BCUT2D eigenvalue weighted by Gasteiger charge is 2.13. The normalized spacial score (nSPS) is 10.3. The van der Waals surface area contributed by atoms with Gasteiger partial charge >= 0.3 is 0 Å². The number of hydrogen-bond acceptors (Lipinski definition) is 6. The molecule has 0 aliphatic carbocycles. The molecule has 0 bridgehead atoms. The maximum Gasteiger partial charge on any atom is 0.293 e. The van der Waals surface area contributed by atoms with Crippen molar-refractivity contribution in [3.63, 3.8) is 0 Å². The molecule has 21 heavy (non-hydrogen) atoms. The summed E-state index contributed by atoms with van der Waals surface area (Å²) in [7, 11) is 1.62. The third-order valence-corrected chi connectivity index (χ3v) is 2.82. The molecule has 0 amide bonds. The molecule has 7 heteroatoms. The molecule has 0 saturated carbocycles. The number of nitrogens with one attached hydrogen (secondary N) is 1. The fraction of sp³-hybridized carbons (Fsp3) is 0.500. The standard InChI is InChI=1S/C14H20N2O5/c1-20-8-9-21-7-3-2-6-15-13-5-4-12(11-17)10-14(13)16(18)19/h4-5,10-11,15H,2-3,6-9H2,1H3. The number of nitro groups is 1. The molecular weight excluding hydrogens is 276 g/mol. The van der Waals surface area contributed by atoms with E-state index >= 15 is 0 Å². The van der Waals surface area contributed by atoms with Crippen molar-refractivity contribution in [2.45, 2.75) is 12.8 Å². The maximum atomic E-state index is 10.9. The molecular formula is C14H20N2O5. The van der Waals surface area contributed by atoms with Crippen LogP contribution in [0.1, 0.15) is 23.2 Å². The van der Waals surface area contributed by atoms with Gasteiger partial charge in [-0.3, -0.25) is 14.9 Å². The summed E-state index contributed by atoms with van der Waals surface area (Å²) in [6.45, 7) is 2.39. The predicted molar refractivity (Wildman–Crippen MR) is 78.9 cm³/mol. The van der Waals surface area contributed by atoms with Crippen LogP contribution < -0.4 is 5.32 Å². The Bertz CT molecular complexity index is 465. The highest BCUT2D eigenvalue weighted by Crippen LogP contribution is 2.24. The molecule has 0 aliphatic rings. The molecule has 0 aliphatic heterocycles. The number of aldehydes is 1. The number of nitro benzene ring substituents is 1. The van der Waals surface area contributed by atoms with Gasteiger partial charge in [-0.2, -0.15) is 0 Å². The molecule has 1 N–H and O–H groups in total. The highest BCUT2D eigenvalue weighted by atomic mass is 16.6. The lowest BCUT2D eigenvalue weighted by atomic mass is 10.2. The molecule has 116 valence electrons. The zero-order chi connectivity index (χ0) is 15.5. The van der Waals surface area contributed by atoms with Gasteiger partial charge in [0, 0.05) is 31.9 Å². The molecule has 1 aromatic rings. The number of hydrogen-bond donors (Lipinski definition) is 1. The van der Waals surface area contributed by atoms with Gasteiger partial charge in [0.1, 0.15) is 12.0 Å². The lowest BCUT2D eigenvalue weighted by Gasteiger charge is -2.08. The Labute approximate surface area is 123 Å². The zero-order valence-corrected chi connectivity index (χ0v) is 12.0. The van der Waals surface area contributed by atoms with Crippen LogP contribution in [0.5, 0.6) is 0 Å². The lowest BCUT2D eigenvalue weighted by molar-refractivity contribution is -0.384. The summed E-state index contributed by atoms with van der Waals surface area (Å²) >= 11 is 0. The van der Waals surface area contributed by atoms with E-state index in [-0.39, 0.29) is 5.69 Å². The molecule has 0 spiro atoms.